The van der Waals surface area contributed by atoms with Crippen LogP contribution >= 0.6 is 0 Å². The first kappa shape index (κ1) is 27.7. The molecule has 0 fully saturated rings. The highest BCUT2D eigenvalue weighted by Gasteiger charge is 2.30. The molecular weight excluding hydrogens is 478 g/mol. The van der Waals surface area contributed by atoms with Crippen molar-refractivity contribution in [3.8, 4) is 11.6 Å². The number of aldehydes is 1. The SMILES string of the molecule is CCOc1nc(C(CS(C)(=O)=O)N(C)C(=O)c2cccc(NC(=O)COC)c2C=O)ccc1OC. The molecule has 0 spiro atoms. The minimum atomic E-state index is -3.57. The van der Waals surface area contributed by atoms with Crippen molar-refractivity contribution >= 4 is 33.6 Å². The van der Waals surface area contributed by atoms with Crippen LogP contribution < -0.4 is 14.8 Å². The number of benzene rings is 1. The lowest BCUT2D eigenvalue weighted by molar-refractivity contribution is -0.119. The number of pyridine rings is 1. The van der Waals surface area contributed by atoms with Gasteiger partial charge in [-0.25, -0.2) is 13.4 Å². The molecule has 0 aliphatic heterocycles. The molecule has 0 bridgehead atoms. The fourth-order valence-electron chi connectivity index (χ4n) is 3.34. The van der Waals surface area contributed by atoms with Crippen LogP contribution in [0.15, 0.2) is 30.3 Å². The Hall–Kier alpha value is -3.51. The molecule has 0 aliphatic rings. The Kier molecular flexibility index (Phi) is 9.72. The van der Waals surface area contributed by atoms with E-state index in [1.54, 1.807) is 19.1 Å². The minimum Gasteiger partial charge on any atom is -0.491 e. The summed E-state index contributed by atoms with van der Waals surface area (Å²) < 4.78 is 40.0. The first-order valence-electron chi connectivity index (χ1n) is 10.6. The van der Waals surface area contributed by atoms with E-state index in [0.717, 1.165) is 6.26 Å². The molecule has 0 saturated heterocycles. The summed E-state index contributed by atoms with van der Waals surface area (Å²) in [5.41, 5.74) is 0.314. The van der Waals surface area contributed by atoms with Crippen LogP contribution in [-0.2, 0) is 19.4 Å². The molecule has 1 heterocycles. The molecule has 12 heteroatoms. The van der Waals surface area contributed by atoms with Gasteiger partial charge in [-0.3, -0.25) is 14.4 Å². The second-order valence-corrected chi connectivity index (χ2v) is 9.75. The molecule has 0 aliphatic carbocycles. The average molecular weight is 508 g/mol. The number of amides is 2. The highest BCUT2D eigenvalue weighted by molar-refractivity contribution is 7.90. The summed E-state index contributed by atoms with van der Waals surface area (Å²) in [4.78, 5) is 42.9. The van der Waals surface area contributed by atoms with Crippen molar-refractivity contribution < 1.29 is 37.0 Å². The predicted octanol–water partition coefficient (Wildman–Crippen LogP) is 1.74. The van der Waals surface area contributed by atoms with E-state index in [-0.39, 0.29) is 35.0 Å². The molecule has 0 saturated carbocycles. The second-order valence-electron chi connectivity index (χ2n) is 7.57. The first-order chi connectivity index (χ1) is 16.6. The average Bonchev–Trinajstić information content (AvgIpc) is 2.81. The number of nitrogens with zero attached hydrogens (tertiary/aromatic N) is 2. The molecule has 1 aromatic carbocycles. The van der Waals surface area contributed by atoms with Crippen molar-refractivity contribution in [1.82, 2.24) is 9.88 Å². The first-order valence-corrected chi connectivity index (χ1v) is 12.6. The van der Waals surface area contributed by atoms with Gasteiger partial charge in [-0.15, -0.1) is 0 Å². The number of carbonyl (C=O) groups excluding carboxylic acids is 3. The maximum atomic E-state index is 13.5. The van der Waals surface area contributed by atoms with Crippen LogP contribution in [0, 0.1) is 0 Å². The zero-order valence-electron chi connectivity index (χ0n) is 20.2. The van der Waals surface area contributed by atoms with Crippen LogP contribution in [-0.4, -0.2) is 82.9 Å². The largest absolute Gasteiger partial charge is 0.491 e. The van der Waals surface area contributed by atoms with Crippen LogP contribution in [0.2, 0.25) is 0 Å². The van der Waals surface area contributed by atoms with Gasteiger partial charge in [0.2, 0.25) is 5.91 Å². The Morgan fingerprint density at radius 3 is 2.49 bits per heavy atom. The van der Waals surface area contributed by atoms with Gasteiger partial charge >= 0.3 is 0 Å². The Balaban J connectivity index is 2.53. The summed E-state index contributed by atoms with van der Waals surface area (Å²) >= 11 is 0. The van der Waals surface area contributed by atoms with Crippen molar-refractivity contribution in [3.63, 3.8) is 0 Å². The minimum absolute atomic E-state index is 0.0187. The van der Waals surface area contributed by atoms with Gasteiger partial charge in [0, 0.05) is 20.4 Å². The highest BCUT2D eigenvalue weighted by atomic mass is 32.2. The van der Waals surface area contributed by atoms with Crippen molar-refractivity contribution in [1.29, 1.82) is 0 Å². The highest BCUT2D eigenvalue weighted by Crippen LogP contribution is 2.30. The lowest BCUT2D eigenvalue weighted by Gasteiger charge is -2.28. The molecule has 2 amide bonds. The van der Waals surface area contributed by atoms with Gasteiger partial charge in [0.15, 0.2) is 12.0 Å². The summed E-state index contributed by atoms with van der Waals surface area (Å²) in [5.74, 6) is -1.07. The number of ether oxygens (including phenoxy) is 3. The van der Waals surface area contributed by atoms with Crippen LogP contribution in [0.5, 0.6) is 11.6 Å². The number of hydrogen-bond acceptors (Lipinski definition) is 9. The van der Waals surface area contributed by atoms with Crippen molar-refractivity contribution in [2.45, 2.75) is 13.0 Å². The third kappa shape index (κ3) is 7.23. The smallest absolute Gasteiger partial charge is 0.257 e. The Bertz CT molecular complexity index is 1180. The maximum absolute atomic E-state index is 13.5. The number of methoxy groups -OCH3 is 2. The lowest BCUT2D eigenvalue weighted by Crippen LogP contribution is -2.36. The van der Waals surface area contributed by atoms with E-state index in [1.807, 2.05) is 0 Å². The van der Waals surface area contributed by atoms with Gasteiger partial charge < -0.3 is 24.4 Å². The van der Waals surface area contributed by atoms with E-state index in [1.165, 1.54) is 44.4 Å². The van der Waals surface area contributed by atoms with Crippen LogP contribution in [0.3, 0.4) is 0 Å². The Labute approximate surface area is 204 Å². The molecule has 0 radical (unpaired) electrons. The van der Waals surface area contributed by atoms with Crippen LogP contribution in [0.4, 0.5) is 5.69 Å². The van der Waals surface area contributed by atoms with Crippen LogP contribution in [0.1, 0.15) is 39.4 Å². The molecule has 1 N–H and O–H groups in total. The molecule has 2 aromatic rings. The van der Waals surface area contributed by atoms with Crippen molar-refractivity contribution in [2.75, 3.05) is 51.8 Å². The number of rotatable bonds is 12. The topological polar surface area (TPSA) is 141 Å². The van der Waals surface area contributed by atoms with E-state index in [4.69, 9.17) is 14.2 Å². The Morgan fingerprint density at radius 1 is 1.20 bits per heavy atom. The van der Waals surface area contributed by atoms with E-state index in [9.17, 15) is 22.8 Å². The zero-order valence-corrected chi connectivity index (χ0v) is 21.0. The van der Waals surface area contributed by atoms with Gasteiger partial charge in [-0.2, -0.15) is 0 Å². The van der Waals surface area contributed by atoms with E-state index < -0.39 is 33.4 Å². The van der Waals surface area contributed by atoms with Gasteiger partial charge in [0.1, 0.15) is 16.4 Å². The number of anilines is 1. The van der Waals surface area contributed by atoms with Crippen molar-refractivity contribution in [3.05, 3.63) is 47.2 Å². The summed E-state index contributed by atoms with van der Waals surface area (Å²) in [7, 11) is 0.641. The fourth-order valence-corrected chi connectivity index (χ4v) is 4.31. The van der Waals surface area contributed by atoms with Gasteiger partial charge in [0.05, 0.1) is 48.0 Å². The molecule has 35 heavy (non-hydrogen) atoms. The Morgan fingerprint density at radius 2 is 1.91 bits per heavy atom. The van der Waals surface area contributed by atoms with Crippen LogP contribution in [0.25, 0.3) is 0 Å². The number of sulfone groups is 1. The summed E-state index contributed by atoms with van der Waals surface area (Å²) in [6.45, 7) is 1.82. The maximum Gasteiger partial charge on any atom is 0.257 e. The number of hydrogen-bond donors (Lipinski definition) is 1. The number of nitrogens with one attached hydrogen (secondary N) is 1. The van der Waals surface area contributed by atoms with Gasteiger partial charge in [-0.05, 0) is 31.2 Å². The third-order valence-electron chi connectivity index (χ3n) is 4.94. The van der Waals surface area contributed by atoms with Crippen molar-refractivity contribution in [2.24, 2.45) is 0 Å². The van der Waals surface area contributed by atoms with Gasteiger partial charge in [0.25, 0.3) is 11.8 Å². The molecule has 1 unspecified atom stereocenters. The normalized spacial score (nSPS) is 11.9. The fraction of sp³-hybridized carbons (Fsp3) is 0.391. The quantitative estimate of drug-likeness (QED) is 0.425. The molecule has 190 valence electrons. The zero-order chi connectivity index (χ0) is 26.2. The van der Waals surface area contributed by atoms with E-state index in [2.05, 4.69) is 10.3 Å². The second kappa shape index (κ2) is 12.3. The monoisotopic (exact) mass is 507 g/mol. The molecular formula is C23H29N3O8S. The summed E-state index contributed by atoms with van der Waals surface area (Å²) in [6, 6.07) is 6.50. The molecule has 11 nitrogen and oxygen atoms in total. The lowest BCUT2D eigenvalue weighted by atomic mass is 10.0. The summed E-state index contributed by atoms with van der Waals surface area (Å²) in [6.07, 6.45) is 1.50. The number of aromatic nitrogens is 1. The standard InChI is InChI=1S/C23H29N3O8S/c1-6-34-22-20(33-4)11-10-18(25-22)19(14-35(5,30)31)26(2)23(29)15-8-7-9-17(16(15)12-27)24-21(28)13-32-3/h7-12,19H,6,13-14H2,1-5H3,(H,24,28). The molecule has 1 aromatic heterocycles. The van der Waals surface area contributed by atoms with E-state index >= 15 is 0 Å². The van der Waals surface area contributed by atoms with Gasteiger partial charge in [-0.1, -0.05) is 6.07 Å². The summed E-state index contributed by atoms with van der Waals surface area (Å²) in [5, 5.41) is 2.53. The molecule has 1 atom stereocenters. The molecule has 2 rings (SSSR count). The number of carbonyl (C=O) groups is 3. The van der Waals surface area contributed by atoms with E-state index in [0.29, 0.717) is 18.6 Å². The predicted molar refractivity (Wildman–Crippen MR) is 129 cm³/mol. The third-order valence-corrected chi connectivity index (χ3v) is 5.86.